The monoisotopic (exact) mass is 397 g/mol. The first-order valence-electron chi connectivity index (χ1n) is 7.61. The summed E-state index contributed by atoms with van der Waals surface area (Å²) in [5.41, 5.74) is 0.380. The van der Waals surface area contributed by atoms with Gasteiger partial charge in [-0.1, -0.05) is 23.2 Å². The molecule has 6 nitrogen and oxygen atoms in total. The smallest absolute Gasteiger partial charge is 0.344 e. The SMILES string of the molecule is COc1ccc(Cl)cc1NC(=O)[C@H](C)OC(=O)COc1ccc(Cl)cc1. The molecule has 0 saturated heterocycles. The highest BCUT2D eigenvalue weighted by molar-refractivity contribution is 6.31. The molecule has 0 bridgehead atoms. The number of hydrogen-bond acceptors (Lipinski definition) is 5. The second kappa shape index (κ2) is 9.31. The van der Waals surface area contributed by atoms with Crippen LogP contribution >= 0.6 is 23.2 Å². The van der Waals surface area contributed by atoms with E-state index in [1.165, 1.54) is 20.1 Å². The molecule has 2 aromatic rings. The Bertz CT molecular complexity index is 780. The minimum Gasteiger partial charge on any atom is -0.495 e. The summed E-state index contributed by atoms with van der Waals surface area (Å²) in [6.07, 6.45) is -1.03. The van der Waals surface area contributed by atoms with E-state index in [0.29, 0.717) is 27.2 Å². The van der Waals surface area contributed by atoms with Crippen molar-refractivity contribution in [1.82, 2.24) is 0 Å². The third kappa shape index (κ3) is 5.82. The summed E-state index contributed by atoms with van der Waals surface area (Å²) in [4.78, 5) is 24.0. The number of hydrogen-bond donors (Lipinski definition) is 1. The van der Waals surface area contributed by atoms with Gasteiger partial charge in [-0.3, -0.25) is 4.79 Å². The lowest BCUT2D eigenvalue weighted by Gasteiger charge is -2.15. The Morgan fingerprint density at radius 1 is 1.08 bits per heavy atom. The molecule has 0 heterocycles. The van der Waals surface area contributed by atoms with Gasteiger partial charge in [0.1, 0.15) is 11.5 Å². The molecule has 0 aromatic heterocycles. The number of benzene rings is 2. The fourth-order valence-corrected chi connectivity index (χ4v) is 2.27. The van der Waals surface area contributed by atoms with Crippen LogP contribution in [0.3, 0.4) is 0 Å². The molecule has 26 heavy (non-hydrogen) atoms. The summed E-state index contributed by atoms with van der Waals surface area (Å²) in [7, 11) is 1.47. The van der Waals surface area contributed by atoms with Gasteiger partial charge in [-0.15, -0.1) is 0 Å². The molecule has 2 aromatic carbocycles. The molecule has 0 saturated carbocycles. The first kappa shape index (κ1) is 19.9. The highest BCUT2D eigenvalue weighted by Crippen LogP contribution is 2.27. The average Bonchev–Trinajstić information content (AvgIpc) is 2.61. The van der Waals surface area contributed by atoms with Crippen LogP contribution in [-0.2, 0) is 14.3 Å². The van der Waals surface area contributed by atoms with Gasteiger partial charge in [-0.25, -0.2) is 4.79 Å². The number of amides is 1. The van der Waals surface area contributed by atoms with Gasteiger partial charge in [-0.2, -0.15) is 0 Å². The van der Waals surface area contributed by atoms with Crippen molar-refractivity contribution in [2.24, 2.45) is 0 Å². The highest BCUT2D eigenvalue weighted by Gasteiger charge is 2.19. The zero-order valence-electron chi connectivity index (χ0n) is 14.1. The van der Waals surface area contributed by atoms with E-state index in [2.05, 4.69) is 5.32 Å². The first-order chi connectivity index (χ1) is 12.4. The van der Waals surface area contributed by atoms with Crippen LogP contribution in [0.5, 0.6) is 11.5 Å². The van der Waals surface area contributed by atoms with E-state index < -0.39 is 18.0 Å². The van der Waals surface area contributed by atoms with E-state index in [-0.39, 0.29) is 6.61 Å². The second-order valence-corrected chi connectivity index (χ2v) is 6.08. The summed E-state index contributed by atoms with van der Waals surface area (Å²) >= 11 is 11.7. The Morgan fingerprint density at radius 2 is 1.73 bits per heavy atom. The van der Waals surface area contributed by atoms with E-state index in [1.807, 2.05) is 0 Å². The molecule has 0 radical (unpaired) electrons. The second-order valence-electron chi connectivity index (χ2n) is 5.21. The Morgan fingerprint density at radius 3 is 2.38 bits per heavy atom. The van der Waals surface area contributed by atoms with Crippen LogP contribution in [0.1, 0.15) is 6.92 Å². The molecule has 0 spiro atoms. The van der Waals surface area contributed by atoms with Crippen molar-refractivity contribution < 1.29 is 23.8 Å². The van der Waals surface area contributed by atoms with E-state index in [4.69, 9.17) is 37.4 Å². The largest absolute Gasteiger partial charge is 0.495 e. The average molecular weight is 398 g/mol. The van der Waals surface area contributed by atoms with Gasteiger partial charge in [0.25, 0.3) is 5.91 Å². The fraction of sp³-hybridized carbons (Fsp3) is 0.222. The number of anilines is 1. The maximum absolute atomic E-state index is 12.2. The van der Waals surface area contributed by atoms with E-state index >= 15 is 0 Å². The molecule has 1 N–H and O–H groups in total. The number of halogens is 2. The standard InChI is InChI=1S/C18H17Cl2NO5/c1-11(18(23)21-15-9-13(20)5-8-16(15)24-2)26-17(22)10-25-14-6-3-12(19)4-7-14/h3-9,11H,10H2,1-2H3,(H,21,23)/t11-/m0/s1. The van der Waals surface area contributed by atoms with E-state index in [9.17, 15) is 9.59 Å². The van der Waals surface area contributed by atoms with Crippen molar-refractivity contribution in [3.8, 4) is 11.5 Å². The number of ether oxygens (including phenoxy) is 3. The van der Waals surface area contributed by atoms with Crippen molar-refractivity contribution in [3.63, 3.8) is 0 Å². The topological polar surface area (TPSA) is 73.9 Å². The molecule has 1 atom stereocenters. The Labute approximate surface area is 160 Å². The predicted octanol–water partition coefficient (Wildman–Crippen LogP) is 3.95. The lowest BCUT2D eigenvalue weighted by molar-refractivity contribution is -0.155. The van der Waals surface area contributed by atoms with Crippen LogP contribution in [0, 0.1) is 0 Å². The van der Waals surface area contributed by atoms with Gasteiger partial charge < -0.3 is 19.5 Å². The minimum absolute atomic E-state index is 0.334. The number of rotatable bonds is 7. The molecular weight excluding hydrogens is 381 g/mol. The first-order valence-corrected chi connectivity index (χ1v) is 8.37. The number of methoxy groups -OCH3 is 1. The van der Waals surface area contributed by atoms with Crippen LogP contribution in [0.2, 0.25) is 10.0 Å². The highest BCUT2D eigenvalue weighted by atomic mass is 35.5. The van der Waals surface area contributed by atoms with Crippen molar-refractivity contribution >= 4 is 40.8 Å². The number of esters is 1. The van der Waals surface area contributed by atoms with Crippen molar-refractivity contribution in [1.29, 1.82) is 0 Å². The van der Waals surface area contributed by atoms with Gasteiger partial charge in [-0.05, 0) is 49.4 Å². The molecule has 0 aliphatic carbocycles. The van der Waals surface area contributed by atoms with Gasteiger partial charge >= 0.3 is 5.97 Å². The number of nitrogens with one attached hydrogen (secondary N) is 1. The van der Waals surface area contributed by atoms with Gasteiger partial charge in [0.15, 0.2) is 12.7 Å². The Kier molecular flexibility index (Phi) is 7.12. The molecule has 138 valence electrons. The van der Waals surface area contributed by atoms with Crippen molar-refractivity contribution in [3.05, 3.63) is 52.5 Å². The van der Waals surface area contributed by atoms with Crippen LogP contribution in [0.25, 0.3) is 0 Å². The van der Waals surface area contributed by atoms with Crippen LogP contribution in [0.15, 0.2) is 42.5 Å². The zero-order chi connectivity index (χ0) is 19.1. The fourth-order valence-electron chi connectivity index (χ4n) is 1.97. The van der Waals surface area contributed by atoms with Crippen LogP contribution in [0.4, 0.5) is 5.69 Å². The third-order valence-electron chi connectivity index (χ3n) is 3.27. The van der Waals surface area contributed by atoms with Crippen molar-refractivity contribution in [2.45, 2.75) is 13.0 Å². The third-order valence-corrected chi connectivity index (χ3v) is 3.75. The molecule has 0 unspecified atom stereocenters. The quantitative estimate of drug-likeness (QED) is 0.715. The molecular formula is C18H17Cl2NO5. The molecule has 0 aliphatic heterocycles. The summed E-state index contributed by atoms with van der Waals surface area (Å²) in [6.45, 7) is 1.12. The number of carbonyl (C=O) groups excluding carboxylic acids is 2. The normalized spacial score (nSPS) is 11.4. The van der Waals surface area contributed by atoms with Crippen LogP contribution in [-0.4, -0.2) is 31.7 Å². The van der Waals surface area contributed by atoms with Crippen LogP contribution < -0.4 is 14.8 Å². The molecule has 8 heteroatoms. The maximum atomic E-state index is 12.2. The number of carbonyl (C=O) groups is 2. The minimum atomic E-state index is -1.03. The molecule has 2 rings (SSSR count). The summed E-state index contributed by atoms with van der Waals surface area (Å²) in [5, 5.41) is 3.60. The molecule has 0 fully saturated rings. The van der Waals surface area contributed by atoms with Crippen molar-refractivity contribution in [2.75, 3.05) is 19.0 Å². The van der Waals surface area contributed by atoms with Gasteiger partial charge in [0.2, 0.25) is 0 Å². The molecule has 0 aliphatic rings. The Hall–Kier alpha value is -2.44. The maximum Gasteiger partial charge on any atom is 0.344 e. The summed E-state index contributed by atoms with van der Waals surface area (Å²) in [5.74, 6) is -0.300. The Balaban J connectivity index is 1.87. The lowest BCUT2D eigenvalue weighted by atomic mass is 10.2. The van der Waals surface area contributed by atoms with E-state index in [1.54, 1.807) is 36.4 Å². The van der Waals surface area contributed by atoms with Gasteiger partial charge in [0.05, 0.1) is 12.8 Å². The summed E-state index contributed by atoms with van der Waals surface area (Å²) in [6, 6.07) is 11.3. The molecule has 1 amide bonds. The van der Waals surface area contributed by atoms with E-state index in [0.717, 1.165) is 0 Å². The summed E-state index contributed by atoms with van der Waals surface area (Å²) < 4.78 is 15.5. The lowest BCUT2D eigenvalue weighted by Crippen LogP contribution is -2.31. The zero-order valence-corrected chi connectivity index (χ0v) is 15.6. The predicted molar refractivity (Wildman–Crippen MR) is 99.1 cm³/mol. The van der Waals surface area contributed by atoms with Gasteiger partial charge in [0, 0.05) is 10.0 Å².